The summed E-state index contributed by atoms with van der Waals surface area (Å²) in [5, 5.41) is 4.24. The molecule has 1 aromatic heterocycles. The van der Waals surface area contributed by atoms with Gasteiger partial charge in [-0.3, -0.25) is 4.79 Å². The Bertz CT molecular complexity index is 993. The summed E-state index contributed by atoms with van der Waals surface area (Å²) in [7, 11) is 0. The molecule has 0 atom stereocenters. The number of hydrogen-bond acceptors (Lipinski definition) is 4. The Hall–Kier alpha value is -3.54. The second-order valence-corrected chi connectivity index (χ2v) is 6.61. The van der Waals surface area contributed by atoms with Gasteiger partial charge in [-0.1, -0.05) is 30.3 Å². The number of rotatable bonds is 4. The molecule has 6 heteroatoms. The van der Waals surface area contributed by atoms with Crippen LogP contribution < -0.4 is 11.5 Å². The van der Waals surface area contributed by atoms with E-state index in [0.717, 1.165) is 28.8 Å². The molecule has 0 aliphatic carbocycles. The lowest BCUT2D eigenvalue weighted by Gasteiger charge is -2.27. The van der Waals surface area contributed by atoms with Crippen LogP contribution in [0, 0.1) is 0 Å². The van der Waals surface area contributed by atoms with Crippen LogP contribution in [0.25, 0.3) is 11.3 Å². The number of nitrogens with two attached hydrogens (primary N) is 2. The van der Waals surface area contributed by atoms with E-state index in [4.69, 9.17) is 11.5 Å². The Kier molecular flexibility index (Phi) is 4.38. The first-order valence-corrected chi connectivity index (χ1v) is 8.84. The minimum atomic E-state index is 0.0103. The largest absolute Gasteiger partial charge is 0.397 e. The molecule has 3 aromatic rings. The quantitative estimate of drug-likeness (QED) is 0.701. The Morgan fingerprint density at radius 2 is 1.89 bits per heavy atom. The van der Waals surface area contributed by atoms with E-state index in [1.807, 2.05) is 59.6 Å². The summed E-state index contributed by atoms with van der Waals surface area (Å²) in [6, 6.07) is 15.6. The number of aromatic nitrogens is 2. The topological polar surface area (TPSA) is 90.2 Å². The second kappa shape index (κ2) is 6.99. The number of benzene rings is 2. The fraction of sp³-hybridized carbons (Fsp3) is 0.143. The third-order valence-corrected chi connectivity index (χ3v) is 4.79. The highest BCUT2D eigenvalue weighted by Gasteiger charge is 2.21. The van der Waals surface area contributed by atoms with Crippen molar-refractivity contribution in [3.8, 4) is 5.69 Å². The van der Waals surface area contributed by atoms with Gasteiger partial charge in [-0.15, -0.1) is 0 Å². The van der Waals surface area contributed by atoms with Crippen LogP contribution in [-0.4, -0.2) is 27.1 Å². The van der Waals surface area contributed by atoms with Crippen LogP contribution in [0.3, 0.4) is 0 Å². The van der Waals surface area contributed by atoms with E-state index in [1.165, 1.54) is 0 Å². The molecule has 0 spiro atoms. The van der Waals surface area contributed by atoms with Crippen molar-refractivity contribution in [2.75, 3.05) is 18.0 Å². The van der Waals surface area contributed by atoms with Gasteiger partial charge < -0.3 is 16.4 Å². The molecule has 0 saturated heterocycles. The van der Waals surface area contributed by atoms with Crippen LogP contribution in [-0.2, 0) is 11.3 Å². The molecule has 0 radical (unpaired) electrons. The Balaban J connectivity index is 1.61. The fourth-order valence-corrected chi connectivity index (χ4v) is 3.31. The highest BCUT2D eigenvalue weighted by molar-refractivity contribution is 5.97. The van der Waals surface area contributed by atoms with Gasteiger partial charge in [-0.05, 0) is 41.3 Å². The number of carbonyl (C=O) groups excluding carboxylic acids is 1. The van der Waals surface area contributed by atoms with E-state index in [-0.39, 0.29) is 5.91 Å². The molecule has 1 aliphatic rings. The zero-order valence-corrected chi connectivity index (χ0v) is 14.9. The first-order valence-electron chi connectivity index (χ1n) is 8.84. The maximum atomic E-state index is 12.6. The minimum absolute atomic E-state index is 0.0103. The number of carbonyl (C=O) groups is 1. The molecule has 1 amide bonds. The molecule has 6 nitrogen and oxygen atoms in total. The van der Waals surface area contributed by atoms with Gasteiger partial charge in [-0.2, -0.15) is 5.10 Å². The molecular weight excluding hydrogens is 338 g/mol. The van der Waals surface area contributed by atoms with E-state index in [2.05, 4.69) is 5.10 Å². The van der Waals surface area contributed by atoms with Crippen LogP contribution in [0.2, 0.25) is 0 Å². The van der Waals surface area contributed by atoms with Gasteiger partial charge in [0.05, 0.1) is 17.1 Å². The molecule has 136 valence electrons. The van der Waals surface area contributed by atoms with Gasteiger partial charge in [0.2, 0.25) is 5.91 Å². The van der Waals surface area contributed by atoms with Crippen LogP contribution in [0.1, 0.15) is 17.5 Å². The second-order valence-electron chi connectivity index (χ2n) is 6.61. The first kappa shape index (κ1) is 16.9. The molecule has 0 saturated carbocycles. The summed E-state index contributed by atoms with van der Waals surface area (Å²) in [5.41, 5.74) is 16.9. The summed E-state index contributed by atoms with van der Waals surface area (Å²) in [6.07, 6.45) is 5.97. The van der Waals surface area contributed by atoms with Crippen molar-refractivity contribution >= 4 is 22.9 Å². The molecule has 27 heavy (non-hydrogen) atoms. The van der Waals surface area contributed by atoms with Crippen molar-refractivity contribution in [3.63, 3.8) is 0 Å². The SMILES string of the molecule is Nc1cc(C2=CC(=O)N(Cc3ccccc3)CC2)cc(-n2cccn2)c1N. The molecule has 2 heterocycles. The predicted octanol–water partition coefficient (Wildman–Crippen LogP) is 2.85. The van der Waals surface area contributed by atoms with E-state index in [9.17, 15) is 4.79 Å². The van der Waals surface area contributed by atoms with E-state index >= 15 is 0 Å². The Labute approximate surface area is 157 Å². The number of hydrogen-bond donors (Lipinski definition) is 2. The van der Waals surface area contributed by atoms with Crippen molar-refractivity contribution in [3.05, 3.63) is 78.1 Å². The molecule has 1 aliphatic heterocycles. The van der Waals surface area contributed by atoms with Crippen LogP contribution in [0.5, 0.6) is 0 Å². The minimum Gasteiger partial charge on any atom is -0.397 e. The van der Waals surface area contributed by atoms with E-state index in [1.54, 1.807) is 17.0 Å². The highest BCUT2D eigenvalue weighted by Crippen LogP contribution is 2.32. The molecule has 4 N–H and O–H groups in total. The van der Waals surface area contributed by atoms with Crippen molar-refractivity contribution in [1.29, 1.82) is 0 Å². The predicted molar refractivity (Wildman–Crippen MR) is 107 cm³/mol. The van der Waals surface area contributed by atoms with E-state index in [0.29, 0.717) is 24.5 Å². The molecular formula is C21H21N5O. The van der Waals surface area contributed by atoms with E-state index < -0.39 is 0 Å². The van der Waals surface area contributed by atoms with Gasteiger partial charge in [0.15, 0.2) is 0 Å². The maximum absolute atomic E-state index is 12.6. The monoisotopic (exact) mass is 359 g/mol. The summed E-state index contributed by atoms with van der Waals surface area (Å²) < 4.78 is 1.68. The zero-order chi connectivity index (χ0) is 18.8. The summed E-state index contributed by atoms with van der Waals surface area (Å²) >= 11 is 0. The lowest BCUT2D eigenvalue weighted by atomic mass is 9.97. The third kappa shape index (κ3) is 3.42. The molecule has 0 unspecified atom stereocenters. The summed E-state index contributed by atoms with van der Waals surface area (Å²) in [5.74, 6) is 0.0103. The lowest BCUT2D eigenvalue weighted by Crippen LogP contribution is -2.33. The highest BCUT2D eigenvalue weighted by atomic mass is 16.2. The number of amides is 1. The van der Waals surface area contributed by atoms with Gasteiger partial charge >= 0.3 is 0 Å². The van der Waals surface area contributed by atoms with Gasteiger partial charge in [-0.25, -0.2) is 4.68 Å². The molecule has 4 rings (SSSR count). The lowest BCUT2D eigenvalue weighted by molar-refractivity contribution is -0.126. The van der Waals surface area contributed by atoms with Gasteiger partial charge in [0.25, 0.3) is 0 Å². The standard InChI is InChI=1S/C21H21N5O/c22-18-11-17(12-19(21(18)23)26-9-4-8-24-26)16-7-10-25(20(27)13-16)14-15-5-2-1-3-6-15/h1-6,8-9,11-13H,7,10,14,22-23H2. The van der Waals surface area contributed by atoms with Crippen molar-refractivity contribution in [2.24, 2.45) is 0 Å². The van der Waals surface area contributed by atoms with Crippen molar-refractivity contribution in [2.45, 2.75) is 13.0 Å². The van der Waals surface area contributed by atoms with Crippen molar-refractivity contribution < 1.29 is 4.79 Å². The van der Waals surface area contributed by atoms with Gasteiger partial charge in [0.1, 0.15) is 0 Å². The maximum Gasteiger partial charge on any atom is 0.247 e. The van der Waals surface area contributed by atoms with Gasteiger partial charge in [0, 0.05) is 31.6 Å². The fourth-order valence-electron chi connectivity index (χ4n) is 3.31. The average Bonchev–Trinajstić information content (AvgIpc) is 3.21. The Morgan fingerprint density at radius 1 is 1.07 bits per heavy atom. The summed E-state index contributed by atoms with van der Waals surface area (Å²) in [4.78, 5) is 14.5. The molecule has 0 bridgehead atoms. The van der Waals surface area contributed by atoms with Crippen LogP contribution >= 0.6 is 0 Å². The average molecular weight is 359 g/mol. The third-order valence-electron chi connectivity index (χ3n) is 4.79. The smallest absolute Gasteiger partial charge is 0.247 e. The summed E-state index contributed by atoms with van der Waals surface area (Å²) in [6.45, 7) is 1.28. The first-order chi connectivity index (χ1) is 13.1. The molecule has 0 fully saturated rings. The zero-order valence-electron chi connectivity index (χ0n) is 14.9. The molecule has 2 aromatic carbocycles. The normalized spacial score (nSPS) is 14.3. The van der Waals surface area contributed by atoms with Crippen LogP contribution in [0.15, 0.2) is 67.0 Å². The number of nitrogens with zero attached hydrogens (tertiary/aromatic N) is 3. The Morgan fingerprint density at radius 3 is 2.59 bits per heavy atom. The number of anilines is 2. The van der Waals surface area contributed by atoms with Crippen molar-refractivity contribution in [1.82, 2.24) is 14.7 Å². The number of nitrogen functional groups attached to an aromatic ring is 2. The van der Waals surface area contributed by atoms with Crippen LogP contribution in [0.4, 0.5) is 11.4 Å².